The van der Waals surface area contributed by atoms with E-state index in [2.05, 4.69) is 5.10 Å². The molecule has 21 heavy (non-hydrogen) atoms. The van der Waals surface area contributed by atoms with Gasteiger partial charge in [0, 0.05) is 18.4 Å². The van der Waals surface area contributed by atoms with Crippen molar-refractivity contribution in [2.75, 3.05) is 0 Å². The van der Waals surface area contributed by atoms with E-state index in [1.165, 1.54) is 4.90 Å². The van der Waals surface area contributed by atoms with Crippen LogP contribution in [0.15, 0.2) is 24.3 Å². The Morgan fingerprint density at radius 1 is 1.33 bits per heavy atom. The Balaban J connectivity index is 1.98. The molecular formula is C15H18N4O2. The molecule has 6 heteroatoms. The molecule has 110 valence electrons. The number of aryl methyl sites for hydroxylation is 1. The van der Waals surface area contributed by atoms with E-state index in [9.17, 15) is 9.59 Å². The van der Waals surface area contributed by atoms with Crippen molar-refractivity contribution in [3.63, 3.8) is 0 Å². The number of fused-ring (bicyclic) bond motifs is 1. The second-order valence-corrected chi connectivity index (χ2v) is 5.24. The van der Waals surface area contributed by atoms with E-state index in [0.29, 0.717) is 12.8 Å². The zero-order valence-corrected chi connectivity index (χ0v) is 12.0. The number of benzene rings is 1. The lowest BCUT2D eigenvalue weighted by Gasteiger charge is -2.28. The molecule has 0 spiro atoms. The highest BCUT2D eigenvalue weighted by Gasteiger charge is 2.32. The van der Waals surface area contributed by atoms with Crippen LogP contribution in [0.25, 0.3) is 10.9 Å². The van der Waals surface area contributed by atoms with Gasteiger partial charge in [-0.15, -0.1) is 0 Å². The van der Waals surface area contributed by atoms with Gasteiger partial charge in [-0.05, 0) is 19.4 Å². The average molecular weight is 286 g/mol. The van der Waals surface area contributed by atoms with Crippen molar-refractivity contribution in [2.45, 2.75) is 38.9 Å². The number of hydrogen-bond acceptors (Lipinski definition) is 4. The van der Waals surface area contributed by atoms with Crippen molar-refractivity contribution in [3.05, 3.63) is 30.0 Å². The maximum Gasteiger partial charge on any atom is 0.246 e. The number of nitrogens with zero attached hydrogens (tertiary/aromatic N) is 3. The van der Waals surface area contributed by atoms with E-state index in [4.69, 9.17) is 5.73 Å². The lowest BCUT2D eigenvalue weighted by Crippen LogP contribution is -2.50. The van der Waals surface area contributed by atoms with E-state index < -0.39 is 6.04 Å². The molecular weight excluding hydrogens is 268 g/mol. The first-order valence-electron chi connectivity index (χ1n) is 7.16. The molecule has 1 saturated heterocycles. The molecule has 2 heterocycles. The Hall–Kier alpha value is -2.21. The number of imide groups is 1. The highest BCUT2D eigenvalue weighted by molar-refractivity contribution is 6.00. The van der Waals surface area contributed by atoms with Crippen molar-refractivity contribution >= 4 is 22.7 Å². The van der Waals surface area contributed by atoms with Crippen LogP contribution in [0.5, 0.6) is 0 Å². The minimum atomic E-state index is -0.581. The van der Waals surface area contributed by atoms with Gasteiger partial charge in [-0.1, -0.05) is 18.2 Å². The highest BCUT2D eigenvalue weighted by atomic mass is 16.2. The molecule has 1 unspecified atom stereocenters. The number of piperidine rings is 1. The Bertz CT molecular complexity index is 707. The smallest absolute Gasteiger partial charge is 0.246 e. The van der Waals surface area contributed by atoms with Gasteiger partial charge < -0.3 is 5.73 Å². The molecule has 1 aliphatic heterocycles. The molecule has 1 fully saturated rings. The molecule has 1 aromatic heterocycles. The molecule has 0 saturated carbocycles. The molecule has 1 aromatic carbocycles. The largest absolute Gasteiger partial charge is 0.320 e. The molecule has 2 N–H and O–H groups in total. The number of hydrogen-bond donors (Lipinski definition) is 1. The first-order valence-corrected chi connectivity index (χ1v) is 7.16. The standard InChI is InChI=1S/C15H18N4O2/c1-2-19-13-6-4-3-5-10(13)12(17-19)9-18-14(20)8-7-11(16)15(18)21/h3-6,11H,2,7-9,16H2,1H3. The fourth-order valence-corrected chi connectivity index (χ4v) is 2.73. The summed E-state index contributed by atoms with van der Waals surface area (Å²) in [6, 6.07) is 7.25. The molecule has 0 bridgehead atoms. The van der Waals surface area contributed by atoms with Crippen molar-refractivity contribution in [3.8, 4) is 0 Å². The van der Waals surface area contributed by atoms with Crippen LogP contribution in [0.4, 0.5) is 0 Å². The van der Waals surface area contributed by atoms with E-state index in [0.717, 1.165) is 23.1 Å². The number of aromatic nitrogens is 2. The first-order chi connectivity index (χ1) is 10.1. The van der Waals surface area contributed by atoms with Crippen LogP contribution >= 0.6 is 0 Å². The zero-order chi connectivity index (χ0) is 15.0. The molecule has 2 amide bonds. The predicted molar refractivity (Wildman–Crippen MR) is 78.2 cm³/mol. The van der Waals surface area contributed by atoms with E-state index >= 15 is 0 Å². The summed E-state index contributed by atoms with van der Waals surface area (Å²) in [5.74, 6) is -0.474. The summed E-state index contributed by atoms with van der Waals surface area (Å²) in [6.07, 6.45) is 0.748. The second-order valence-electron chi connectivity index (χ2n) is 5.24. The molecule has 3 rings (SSSR count). The number of para-hydroxylation sites is 1. The van der Waals surface area contributed by atoms with Gasteiger partial charge in [-0.2, -0.15) is 5.10 Å². The predicted octanol–water partition coefficient (Wildman–Crippen LogP) is 1.03. The summed E-state index contributed by atoms with van der Waals surface area (Å²) in [5, 5.41) is 5.50. The van der Waals surface area contributed by atoms with Crippen molar-refractivity contribution in [2.24, 2.45) is 5.73 Å². The Labute approximate surface area is 122 Å². The quantitative estimate of drug-likeness (QED) is 0.855. The van der Waals surface area contributed by atoms with Crippen LogP contribution in [0, 0.1) is 0 Å². The number of carbonyl (C=O) groups is 2. The van der Waals surface area contributed by atoms with Gasteiger partial charge >= 0.3 is 0 Å². The summed E-state index contributed by atoms with van der Waals surface area (Å²) in [6.45, 7) is 2.94. The first kappa shape index (κ1) is 13.8. The van der Waals surface area contributed by atoms with Crippen LogP contribution < -0.4 is 5.73 Å². The van der Waals surface area contributed by atoms with Crippen molar-refractivity contribution in [1.29, 1.82) is 0 Å². The summed E-state index contributed by atoms with van der Waals surface area (Å²) >= 11 is 0. The highest BCUT2D eigenvalue weighted by Crippen LogP contribution is 2.22. The van der Waals surface area contributed by atoms with Gasteiger partial charge in [0.15, 0.2) is 0 Å². The van der Waals surface area contributed by atoms with Crippen LogP contribution in [0.1, 0.15) is 25.5 Å². The molecule has 2 aromatic rings. The third kappa shape index (κ3) is 2.31. The topological polar surface area (TPSA) is 81.2 Å². The molecule has 0 aliphatic carbocycles. The number of likely N-dealkylation sites (tertiary alicyclic amines) is 1. The van der Waals surface area contributed by atoms with Crippen LogP contribution in [-0.2, 0) is 22.7 Å². The summed E-state index contributed by atoms with van der Waals surface area (Å²) < 4.78 is 1.88. The zero-order valence-electron chi connectivity index (χ0n) is 12.0. The molecule has 1 aliphatic rings. The van der Waals surface area contributed by atoms with E-state index in [-0.39, 0.29) is 18.4 Å². The van der Waals surface area contributed by atoms with E-state index in [1.807, 2.05) is 35.9 Å². The fraction of sp³-hybridized carbons (Fsp3) is 0.400. The Morgan fingerprint density at radius 3 is 2.86 bits per heavy atom. The van der Waals surface area contributed by atoms with Gasteiger partial charge in [0.05, 0.1) is 23.8 Å². The minimum absolute atomic E-state index is 0.170. The minimum Gasteiger partial charge on any atom is -0.320 e. The Morgan fingerprint density at radius 2 is 2.10 bits per heavy atom. The van der Waals surface area contributed by atoms with Crippen LogP contribution in [0.2, 0.25) is 0 Å². The van der Waals surface area contributed by atoms with Crippen LogP contribution in [-0.4, -0.2) is 32.5 Å². The maximum absolute atomic E-state index is 12.1. The molecule has 0 radical (unpaired) electrons. The monoisotopic (exact) mass is 286 g/mol. The van der Waals surface area contributed by atoms with Gasteiger partial charge in [0.2, 0.25) is 11.8 Å². The molecule has 6 nitrogen and oxygen atoms in total. The number of rotatable bonds is 3. The third-order valence-electron chi connectivity index (χ3n) is 3.90. The number of amides is 2. The van der Waals surface area contributed by atoms with Gasteiger partial charge in [0.1, 0.15) is 0 Å². The van der Waals surface area contributed by atoms with Crippen molar-refractivity contribution in [1.82, 2.24) is 14.7 Å². The number of nitrogens with two attached hydrogens (primary N) is 1. The maximum atomic E-state index is 12.1. The van der Waals surface area contributed by atoms with Gasteiger partial charge in [-0.3, -0.25) is 19.2 Å². The van der Waals surface area contributed by atoms with Gasteiger partial charge in [0.25, 0.3) is 0 Å². The lowest BCUT2D eigenvalue weighted by atomic mass is 10.0. The SMILES string of the molecule is CCn1nc(CN2C(=O)CCC(N)C2=O)c2ccccc21. The average Bonchev–Trinajstić information content (AvgIpc) is 2.86. The van der Waals surface area contributed by atoms with Crippen LogP contribution in [0.3, 0.4) is 0 Å². The molecule has 1 atom stereocenters. The fourth-order valence-electron chi connectivity index (χ4n) is 2.73. The van der Waals surface area contributed by atoms with Crippen molar-refractivity contribution < 1.29 is 9.59 Å². The summed E-state index contributed by atoms with van der Waals surface area (Å²) in [4.78, 5) is 25.3. The third-order valence-corrected chi connectivity index (χ3v) is 3.90. The summed E-state index contributed by atoms with van der Waals surface area (Å²) in [7, 11) is 0. The number of carbonyl (C=O) groups excluding carboxylic acids is 2. The lowest BCUT2D eigenvalue weighted by molar-refractivity contribution is -0.149. The van der Waals surface area contributed by atoms with E-state index in [1.54, 1.807) is 0 Å². The normalized spacial score (nSPS) is 19.5. The Kier molecular flexibility index (Phi) is 3.47. The van der Waals surface area contributed by atoms with Gasteiger partial charge in [-0.25, -0.2) is 0 Å². The summed E-state index contributed by atoms with van der Waals surface area (Å²) in [5.41, 5.74) is 7.51. The second kappa shape index (κ2) is 5.29.